The van der Waals surface area contributed by atoms with Gasteiger partial charge in [-0.05, 0) is 40.5 Å². The van der Waals surface area contributed by atoms with Crippen LogP contribution < -0.4 is 10.5 Å². The molecule has 0 radical (unpaired) electrons. The van der Waals surface area contributed by atoms with Gasteiger partial charge in [0.1, 0.15) is 4.90 Å². The monoisotopic (exact) mass is 358 g/mol. The van der Waals surface area contributed by atoms with Crippen molar-refractivity contribution in [1.29, 1.82) is 0 Å². The van der Waals surface area contributed by atoms with Crippen molar-refractivity contribution in [2.75, 3.05) is 11.3 Å². The Morgan fingerprint density at radius 2 is 2.20 bits per heavy atom. The van der Waals surface area contributed by atoms with Crippen LogP contribution in [0.25, 0.3) is 0 Å². The Bertz CT molecular complexity index is 712. The molecule has 20 heavy (non-hydrogen) atoms. The van der Waals surface area contributed by atoms with Gasteiger partial charge in [-0.15, -0.1) is 0 Å². The van der Waals surface area contributed by atoms with E-state index in [0.717, 1.165) is 5.56 Å². The van der Waals surface area contributed by atoms with E-state index in [1.54, 1.807) is 6.07 Å². The van der Waals surface area contributed by atoms with Gasteiger partial charge in [0.05, 0.1) is 18.4 Å². The molecule has 0 aliphatic carbocycles. The first kappa shape index (κ1) is 15.0. The molecule has 0 bridgehead atoms. The maximum absolute atomic E-state index is 12.2. The second kappa shape index (κ2) is 5.94. The zero-order chi connectivity index (χ0) is 14.8. The first-order valence-electron chi connectivity index (χ1n) is 5.94. The van der Waals surface area contributed by atoms with Gasteiger partial charge in [0.25, 0.3) is 10.0 Å². The summed E-state index contributed by atoms with van der Waals surface area (Å²) in [5, 5.41) is 3.96. The van der Waals surface area contributed by atoms with Crippen molar-refractivity contribution in [1.82, 2.24) is 9.78 Å². The summed E-state index contributed by atoms with van der Waals surface area (Å²) >= 11 is 3.34. The number of sulfonamides is 1. The van der Waals surface area contributed by atoms with E-state index >= 15 is 0 Å². The molecular weight excluding hydrogens is 344 g/mol. The Hall–Kier alpha value is -1.38. The molecule has 1 aromatic carbocycles. The quantitative estimate of drug-likeness (QED) is 0.851. The van der Waals surface area contributed by atoms with Crippen molar-refractivity contribution in [2.24, 2.45) is 5.73 Å². The van der Waals surface area contributed by atoms with E-state index in [1.165, 1.54) is 17.1 Å². The lowest BCUT2D eigenvalue weighted by Crippen LogP contribution is -2.13. The summed E-state index contributed by atoms with van der Waals surface area (Å²) in [5.74, 6) is 0. The molecule has 8 heteroatoms. The number of aryl methyl sites for hydroxylation is 1. The predicted molar refractivity (Wildman–Crippen MR) is 81.0 cm³/mol. The molecular formula is C12H15BrN4O2S. The van der Waals surface area contributed by atoms with Gasteiger partial charge in [0.2, 0.25) is 0 Å². The van der Waals surface area contributed by atoms with E-state index in [1.807, 2.05) is 19.1 Å². The summed E-state index contributed by atoms with van der Waals surface area (Å²) in [6, 6.07) is 5.39. The van der Waals surface area contributed by atoms with Crippen LogP contribution in [-0.2, 0) is 16.6 Å². The highest BCUT2D eigenvalue weighted by molar-refractivity contribution is 9.10. The fraction of sp³-hybridized carbons (Fsp3) is 0.250. The molecule has 108 valence electrons. The van der Waals surface area contributed by atoms with Crippen molar-refractivity contribution in [3.8, 4) is 0 Å². The van der Waals surface area contributed by atoms with Crippen molar-refractivity contribution >= 4 is 31.6 Å². The number of nitrogens with zero attached hydrogens (tertiary/aromatic N) is 2. The van der Waals surface area contributed by atoms with Gasteiger partial charge < -0.3 is 5.73 Å². The smallest absolute Gasteiger partial charge is 0.265 e. The van der Waals surface area contributed by atoms with Crippen molar-refractivity contribution in [3.63, 3.8) is 0 Å². The molecule has 2 rings (SSSR count). The Morgan fingerprint density at radius 3 is 2.85 bits per heavy atom. The number of benzene rings is 1. The predicted octanol–water partition coefficient (Wildman–Crippen LogP) is 1.71. The summed E-state index contributed by atoms with van der Waals surface area (Å²) < 4.78 is 29.2. The van der Waals surface area contributed by atoms with E-state index < -0.39 is 10.0 Å². The topological polar surface area (TPSA) is 90.0 Å². The molecule has 2 aromatic rings. The summed E-state index contributed by atoms with van der Waals surface area (Å²) in [7, 11) is -3.65. The van der Waals surface area contributed by atoms with E-state index in [0.29, 0.717) is 23.2 Å². The van der Waals surface area contributed by atoms with Crippen molar-refractivity contribution < 1.29 is 8.42 Å². The van der Waals surface area contributed by atoms with Crippen LogP contribution in [0.4, 0.5) is 5.69 Å². The Balaban J connectivity index is 2.26. The van der Waals surface area contributed by atoms with Crippen molar-refractivity contribution in [3.05, 3.63) is 40.6 Å². The van der Waals surface area contributed by atoms with E-state index in [4.69, 9.17) is 5.73 Å². The van der Waals surface area contributed by atoms with Crippen LogP contribution >= 0.6 is 15.9 Å². The van der Waals surface area contributed by atoms with Crippen LogP contribution in [0.1, 0.15) is 5.56 Å². The fourth-order valence-corrected chi connectivity index (χ4v) is 3.40. The second-order valence-electron chi connectivity index (χ2n) is 4.32. The van der Waals surface area contributed by atoms with E-state index in [9.17, 15) is 8.42 Å². The third-order valence-electron chi connectivity index (χ3n) is 2.65. The highest BCUT2D eigenvalue weighted by Gasteiger charge is 2.17. The van der Waals surface area contributed by atoms with Gasteiger partial charge >= 0.3 is 0 Å². The maximum Gasteiger partial charge on any atom is 0.265 e. The van der Waals surface area contributed by atoms with Crippen LogP contribution in [-0.4, -0.2) is 24.7 Å². The molecule has 1 heterocycles. The molecule has 0 saturated carbocycles. The number of anilines is 1. The first-order valence-corrected chi connectivity index (χ1v) is 8.21. The number of nitrogens with two attached hydrogens (primary N) is 1. The average molecular weight is 359 g/mol. The van der Waals surface area contributed by atoms with Gasteiger partial charge in [-0.1, -0.05) is 6.07 Å². The molecule has 0 unspecified atom stereocenters. The highest BCUT2D eigenvalue weighted by atomic mass is 79.9. The van der Waals surface area contributed by atoms with Crippen LogP contribution in [0.5, 0.6) is 0 Å². The molecule has 3 N–H and O–H groups in total. The summed E-state index contributed by atoms with van der Waals surface area (Å²) in [4.78, 5) is 0.110. The minimum atomic E-state index is -3.65. The standard InChI is InChI=1S/C12H15BrN4O2S/c1-9-2-3-12(11(13)6-9)16-20(18,19)10-7-15-17(8-10)5-4-14/h2-3,6-8,16H,4-5,14H2,1H3. The fourth-order valence-electron chi connectivity index (χ4n) is 1.64. The van der Waals surface area contributed by atoms with Gasteiger partial charge in [-0.2, -0.15) is 5.10 Å². The number of aromatic nitrogens is 2. The highest BCUT2D eigenvalue weighted by Crippen LogP contribution is 2.25. The molecule has 0 aliphatic heterocycles. The lowest BCUT2D eigenvalue weighted by Gasteiger charge is -2.08. The Labute approximate surface area is 126 Å². The van der Waals surface area contributed by atoms with Crippen LogP contribution in [0, 0.1) is 6.92 Å². The number of hydrogen-bond acceptors (Lipinski definition) is 4. The molecule has 0 saturated heterocycles. The van der Waals surface area contributed by atoms with Crippen LogP contribution in [0.15, 0.2) is 40.0 Å². The number of hydrogen-bond donors (Lipinski definition) is 2. The molecule has 6 nitrogen and oxygen atoms in total. The van der Waals surface area contributed by atoms with Gasteiger partial charge in [0.15, 0.2) is 0 Å². The Kier molecular flexibility index (Phi) is 4.46. The lowest BCUT2D eigenvalue weighted by atomic mass is 10.2. The van der Waals surface area contributed by atoms with Crippen LogP contribution in [0.2, 0.25) is 0 Å². The maximum atomic E-state index is 12.2. The normalized spacial score (nSPS) is 11.6. The summed E-state index contributed by atoms with van der Waals surface area (Å²) in [5.41, 5.74) is 6.93. The molecule has 0 amide bonds. The minimum absolute atomic E-state index is 0.110. The zero-order valence-corrected chi connectivity index (χ0v) is 13.3. The molecule has 0 fully saturated rings. The second-order valence-corrected chi connectivity index (χ2v) is 6.85. The largest absolute Gasteiger partial charge is 0.329 e. The van der Waals surface area contributed by atoms with E-state index in [-0.39, 0.29) is 4.90 Å². The molecule has 1 aromatic heterocycles. The number of rotatable bonds is 5. The summed E-state index contributed by atoms with van der Waals surface area (Å²) in [6.45, 7) is 2.81. The molecule has 0 atom stereocenters. The third kappa shape index (κ3) is 3.38. The zero-order valence-electron chi connectivity index (χ0n) is 10.9. The minimum Gasteiger partial charge on any atom is -0.329 e. The molecule has 0 aliphatic rings. The first-order chi connectivity index (χ1) is 9.42. The number of nitrogens with one attached hydrogen (secondary N) is 1. The lowest BCUT2D eigenvalue weighted by molar-refractivity contribution is 0.599. The SMILES string of the molecule is Cc1ccc(NS(=O)(=O)c2cnn(CCN)c2)c(Br)c1. The summed E-state index contributed by atoms with van der Waals surface area (Å²) in [6.07, 6.45) is 2.76. The molecule has 0 spiro atoms. The number of halogens is 1. The van der Waals surface area contributed by atoms with E-state index in [2.05, 4.69) is 25.8 Å². The average Bonchev–Trinajstić information content (AvgIpc) is 2.83. The van der Waals surface area contributed by atoms with Gasteiger partial charge in [0, 0.05) is 17.2 Å². The van der Waals surface area contributed by atoms with Crippen LogP contribution in [0.3, 0.4) is 0 Å². The Morgan fingerprint density at radius 1 is 1.45 bits per heavy atom. The van der Waals surface area contributed by atoms with Gasteiger partial charge in [-0.3, -0.25) is 9.40 Å². The van der Waals surface area contributed by atoms with Crippen molar-refractivity contribution in [2.45, 2.75) is 18.4 Å². The van der Waals surface area contributed by atoms with Gasteiger partial charge in [-0.25, -0.2) is 8.42 Å². The third-order valence-corrected chi connectivity index (χ3v) is 4.62.